The molecule has 98 valence electrons. The summed E-state index contributed by atoms with van der Waals surface area (Å²) in [5.74, 6) is 0. The average molecular weight is 235 g/mol. The number of hydrogen-bond donors (Lipinski definition) is 3. The molecule has 0 fully saturated rings. The van der Waals surface area contributed by atoms with Crippen molar-refractivity contribution < 1.29 is 20.1 Å². The lowest BCUT2D eigenvalue weighted by atomic mass is 10.2. The number of carboxylic acid groups (broad SMARTS) is 2. The van der Waals surface area contributed by atoms with Gasteiger partial charge in [-0.05, 0) is 32.5 Å². The van der Waals surface area contributed by atoms with Gasteiger partial charge in [0.25, 0.3) is 0 Å². The highest BCUT2D eigenvalue weighted by atomic mass is 16.6. The molecule has 0 saturated carbocycles. The van der Waals surface area contributed by atoms with E-state index in [2.05, 4.69) is 18.7 Å². The fourth-order valence-electron chi connectivity index (χ4n) is 1.34. The Balaban J connectivity index is 0. The maximum atomic E-state index is 8.56. The molecule has 0 aromatic carbocycles. The molecular weight excluding hydrogens is 210 g/mol. The summed E-state index contributed by atoms with van der Waals surface area (Å²) in [5, 5.41) is 22.5. The summed E-state index contributed by atoms with van der Waals surface area (Å²) >= 11 is 0. The van der Waals surface area contributed by atoms with Crippen molar-refractivity contribution in [1.82, 2.24) is 4.90 Å². The van der Waals surface area contributed by atoms with Gasteiger partial charge in [0, 0.05) is 6.61 Å². The van der Waals surface area contributed by atoms with E-state index in [0.717, 1.165) is 19.5 Å². The van der Waals surface area contributed by atoms with Gasteiger partial charge in [0.1, 0.15) is 0 Å². The second-order valence-corrected chi connectivity index (χ2v) is 3.45. The topological polar surface area (TPSA) is 81.0 Å². The largest absolute Gasteiger partial charge is 0.503 e. The molecule has 0 aromatic heterocycles. The Labute approximate surface area is 97.7 Å². The number of aliphatic hydroxyl groups is 1. The summed E-state index contributed by atoms with van der Waals surface area (Å²) in [4.78, 5) is 11.0. The minimum Gasteiger partial charge on any atom is -0.450 e. The molecule has 0 atom stereocenters. The van der Waals surface area contributed by atoms with Crippen molar-refractivity contribution in [2.45, 2.75) is 39.5 Å². The van der Waals surface area contributed by atoms with E-state index in [1.807, 2.05) is 0 Å². The summed E-state index contributed by atoms with van der Waals surface area (Å²) < 4.78 is 0. The first kappa shape index (κ1) is 17.6. The van der Waals surface area contributed by atoms with Crippen LogP contribution in [0.3, 0.4) is 0 Å². The quantitative estimate of drug-likeness (QED) is 0.561. The zero-order valence-electron chi connectivity index (χ0n) is 10.4. The SMILES string of the molecule is CCN(CC)CCCCCCO.O=C(O)O. The number of hydrogen-bond acceptors (Lipinski definition) is 3. The van der Waals surface area contributed by atoms with Crippen molar-refractivity contribution in [2.75, 3.05) is 26.2 Å². The predicted molar refractivity (Wildman–Crippen MR) is 64.0 cm³/mol. The van der Waals surface area contributed by atoms with Crippen LogP contribution in [-0.2, 0) is 0 Å². The fraction of sp³-hybridized carbons (Fsp3) is 0.909. The van der Waals surface area contributed by atoms with Crippen molar-refractivity contribution >= 4 is 6.16 Å². The number of nitrogens with zero attached hydrogens (tertiary/aromatic N) is 1. The van der Waals surface area contributed by atoms with Crippen LogP contribution in [0, 0.1) is 0 Å². The van der Waals surface area contributed by atoms with E-state index in [1.54, 1.807) is 0 Å². The summed E-state index contributed by atoms with van der Waals surface area (Å²) in [6.07, 6.45) is 2.86. The molecule has 0 heterocycles. The monoisotopic (exact) mass is 235 g/mol. The Hall–Kier alpha value is -0.810. The highest BCUT2D eigenvalue weighted by molar-refractivity contribution is 5.53. The van der Waals surface area contributed by atoms with Crippen LogP contribution >= 0.6 is 0 Å². The van der Waals surface area contributed by atoms with E-state index < -0.39 is 6.16 Å². The lowest BCUT2D eigenvalue weighted by Crippen LogP contribution is -2.23. The van der Waals surface area contributed by atoms with E-state index in [-0.39, 0.29) is 0 Å². The molecule has 0 aliphatic rings. The molecule has 5 heteroatoms. The van der Waals surface area contributed by atoms with Crippen LogP contribution in [-0.4, -0.2) is 52.6 Å². The minimum absolute atomic E-state index is 0.352. The van der Waals surface area contributed by atoms with Crippen molar-refractivity contribution in [3.8, 4) is 0 Å². The molecule has 0 rings (SSSR count). The standard InChI is InChI=1S/C10H23NO.CH2O3/c1-3-11(4-2)9-7-5-6-8-10-12;2-1(3)4/h12H,3-10H2,1-2H3;(H2,2,3,4). The van der Waals surface area contributed by atoms with E-state index >= 15 is 0 Å². The van der Waals surface area contributed by atoms with Crippen molar-refractivity contribution in [3.05, 3.63) is 0 Å². The number of aliphatic hydroxyl groups excluding tert-OH is 1. The van der Waals surface area contributed by atoms with Gasteiger partial charge < -0.3 is 20.2 Å². The minimum atomic E-state index is -1.83. The second kappa shape index (κ2) is 14.2. The highest BCUT2D eigenvalue weighted by Gasteiger charge is 1.97. The van der Waals surface area contributed by atoms with Crippen molar-refractivity contribution in [1.29, 1.82) is 0 Å². The average Bonchev–Trinajstić information content (AvgIpc) is 2.23. The molecule has 0 aliphatic heterocycles. The van der Waals surface area contributed by atoms with Crippen molar-refractivity contribution in [2.24, 2.45) is 0 Å². The molecule has 3 N–H and O–H groups in total. The Morgan fingerprint density at radius 2 is 1.44 bits per heavy atom. The number of carbonyl (C=O) groups is 1. The molecule has 0 aromatic rings. The van der Waals surface area contributed by atoms with Crippen molar-refractivity contribution in [3.63, 3.8) is 0 Å². The third-order valence-electron chi connectivity index (χ3n) is 2.28. The maximum Gasteiger partial charge on any atom is 0.503 e. The summed E-state index contributed by atoms with van der Waals surface area (Å²) in [6, 6.07) is 0. The Bertz CT molecular complexity index is 145. The van der Waals surface area contributed by atoms with Gasteiger partial charge >= 0.3 is 6.16 Å². The highest BCUT2D eigenvalue weighted by Crippen LogP contribution is 2.00. The molecule has 0 saturated heterocycles. The molecule has 0 radical (unpaired) electrons. The van der Waals surface area contributed by atoms with Gasteiger partial charge in [-0.25, -0.2) is 4.79 Å². The Morgan fingerprint density at radius 1 is 1.00 bits per heavy atom. The Morgan fingerprint density at radius 3 is 1.81 bits per heavy atom. The molecule has 16 heavy (non-hydrogen) atoms. The molecule has 0 aliphatic carbocycles. The molecule has 5 nitrogen and oxygen atoms in total. The van der Waals surface area contributed by atoms with Gasteiger partial charge in [-0.1, -0.05) is 26.7 Å². The zero-order valence-corrected chi connectivity index (χ0v) is 10.4. The lowest BCUT2D eigenvalue weighted by molar-refractivity contribution is 0.137. The number of rotatable bonds is 8. The van der Waals surface area contributed by atoms with E-state index in [0.29, 0.717) is 6.61 Å². The third-order valence-corrected chi connectivity index (χ3v) is 2.28. The lowest BCUT2D eigenvalue weighted by Gasteiger charge is -2.17. The normalized spacial score (nSPS) is 9.75. The summed E-state index contributed by atoms with van der Waals surface area (Å²) in [7, 11) is 0. The van der Waals surface area contributed by atoms with Gasteiger partial charge in [-0.3, -0.25) is 0 Å². The molecular formula is C11H25NO4. The first-order valence-corrected chi connectivity index (χ1v) is 5.83. The molecule has 0 bridgehead atoms. The first-order valence-electron chi connectivity index (χ1n) is 5.83. The Kier molecular flexibility index (Phi) is 15.6. The smallest absolute Gasteiger partial charge is 0.450 e. The van der Waals surface area contributed by atoms with E-state index in [4.69, 9.17) is 20.1 Å². The van der Waals surface area contributed by atoms with Gasteiger partial charge in [-0.2, -0.15) is 0 Å². The van der Waals surface area contributed by atoms with Gasteiger partial charge in [0.15, 0.2) is 0 Å². The molecule has 0 spiro atoms. The zero-order chi connectivity index (χ0) is 12.8. The van der Waals surface area contributed by atoms with Crippen LogP contribution in [0.25, 0.3) is 0 Å². The van der Waals surface area contributed by atoms with Crippen LogP contribution in [0.15, 0.2) is 0 Å². The van der Waals surface area contributed by atoms with Gasteiger partial charge in [0.2, 0.25) is 0 Å². The van der Waals surface area contributed by atoms with Crippen LogP contribution in [0.4, 0.5) is 4.79 Å². The van der Waals surface area contributed by atoms with Gasteiger partial charge in [0.05, 0.1) is 0 Å². The van der Waals surface area contributed by atoms with Crippen LogP contribution < -0.4 is 0 Å². The predicted octanol–water partition coefficient (Wildman–Crippen LogP) is 2.10. The number of unbranched alkanes of at least 4 members (excludes halogenated alkanes) is 3. The summed E-state index contributed by atoms with van der Waals surface area (Å²) in [5.41, 5.74) is 0. The molecule has 0 unspecified atom stereocenters. The van der Waals surface area contributed by atoms with E-state index in [9.17, 15) is 0 Å². The fourth-order valence-corrected chi connectivity index (χ4v) is 1.34. The second-order valence-electron chi connectivity index (χ2n) is 3.45. The first-order chi connectivity index (χ1) is 7.58. The van der Waals surface area contributed by atoms with Crippen LogP contribution in [0.1, 0.15) is 39.5 Å². The summed E-state index contributed by atoms with van der Waals surface area (Å²) in [6.45, 7) is 8.31. The van der Waals surface area contributed by atoms with Crippen LogP contribution in [0.5, 0.6) is 0 Å². The van der Waals surface area contributed by atoms with Crippen LogP contribution in [0.2, 0.25) is 0 Å². The maximum absolute atomic E-state index is 8.56. The third kappa shape index (κ3) is 18.9. The van der Waals surface area contributed by atoms with E-state index in [1.165, 1.54) is 25.8 Å². The molecule has 0 amide bonds. The van der Waals surface area contributed by atoms with Gasteiger partial charge in [-0.15, -0.1) is 0 Å².